The molecule has 1 aliphatic heterocycles. The van der Waals surface area contributed by atoms with Crippen LogP contribution in [-0.2, 0) is 13.0 Å². The average Bonchev–Trinajstić information content (AvgIpc) is 3.16. The molecule has 4 nitrogen and oxygen atoms in total. The van der Waals surface area contributed by atoms with Gasteiger partial charge in [-0.1, -0.05) is 56.3 Å². The van der Waals surface area contributed by atoms with Crippen LogP contribution in [0.25, 0.3) is 0 Å². The van der Waals surface area contributed by atoms with Crippen molar-refractivity contribution in [1.82, 2.24) is 14.7 Å². The number of nitrogens with zero attached hydrogens (tertiary/aromatic N) is 3. The van der Waals surface area contributed by atoms with E-state index in [2.05, 4.69) is 91.1 Å². The molecule has 0 bridgehead atoms. The molecule has 0 amide bonds. The Balaban J connectivity index is 1.53. The van der Waals surface area contributed by atoms with E-state index in [4.69, 9.17) is 9.84 Å². The van der Waals surface area contributed by atoms with E-state index in [0.29, 0.717) is 11.8 Å². The zero-order valence-electron chi connectivity index (χ0n) is 19.1. The SMILES string of the molecule is CC(C)COc1ccc(Cn2nc(Cc3ccccc3)cc2C2CCN(C)CC2)cc1. The summed E-state index contributed by atoms with van der Waals surface area (Å²) in [6.07, 6.45) is 3.29. The van der Waals surface area contributed by atoms with Crippen LogP contribution in [0.2, 0.25) is 0 Å². The lowest BCUT2D eigenvalue weighted by Crippen LogP contribution is -2.30. The first kappa shape index (κ1) is 21.6. The van der Waals surface area contributed by atoms with Gasteiger partial charge in [-0.25, -0.2) is 0 Å². The predicted molar refractivity (Wildman–Crippen MR) is 127 cm³/mol. The lowest BCUT2D eigenvalue weighted by Gasteiger charge is -2.29. The van der Waals surface area contributed by atoms with Crippen LogP contribution in [0.15, 0.2) is 60.7 Å². The van der Waals surface area contributed by atoms with Crippen molar-refractivity contribution >= 4 is 0 Å². The van der Waals surface area contributed by atoms with Gasteiger partial charge in [0.25, 0.3) is 0 Å². The maximum absolute atomic E-state index is 5.85. The molecule has 4 heteroatoms. The fourth-order valence-electron chi connectivity index (χ4n) is 4.26. The minimum absolute atomic E-state index is 0.531. The molecule has 0 aliphatic carbocycles. The average molecular weight is 418 g/mol. The predicted octanol–water partition coefficient (Wildman–Crippen LogP) is 5.37. The Labute approximate surface area is 186 Å². The molecule has 2 aromatic carbocycles. The fraction of sp³-hybridized carbons (Fsp3) is 0.444. The van der Waals surface area contributed by atoms with Gasteiger partial charge in [-0.3, -0.25) is 4.68 Å². The van der Waals surface area contributed by atoms with Crippen LogP contribution in [0.1, 0.15) is 55.1 Å². The minimum atomic E-state index is 0.531. The first-order valence-corrected chi connectivity index (χ1v) is 11.6. The number of likely N-dealkylation sites (tertiary alicyclic amines) is 1. The lowest BCUT2D eigenvalue weighted by atomic mass is 9.93. The van der Waals surface area contributed by atoms with Crippen molar-refractivity contribution in [2.24, 2.45) is 5.92 Å². The molecule has 164 valence electrons. The van der Waals surface area contributed by atoms with E-state index in [-0.39, 0.29) is 0 Å². The Morgan fingerprint density at radius 2 is 1.68 bits per heavy atom. The van der Waals surface area contributed by atoms with Gasteiger partial charge in [0.1, 0.15) is 5.75 Å². The van der Waals surface area contributed by atoms with Crippen molar-refractivity contribution in [2.45, 2.75) is 45.6 Å². The van der Waals surface area contributed by atoms with Crippen molar-refractivity contribution in [3.63, 3.8) is 0 Å². The second-order valence-electron chi connectivity index (χ2n) is 9.31. The zero-order valence-corrected chi connectivity index (χ0v) is 19.1. The van der Waals surface area contributed by atoms with Crippen LogP contribution in [0.3, 0.4) is 0 Å². The summed E-state index contributed by atoms with van der Waals surface area (Å²) >= 11 is 0. The lowest BCUT2D eigenvalue weighted by molar-refractivity contribution is 0.250. The Morgan fingerprint density at radius 1 is 0.968 bits per heavy atom. The Morgan fingerprint density at radius 3 is 2.35 bits per heavy atom. The first-order valence-electron chi connectivity index (χ1n) is 11.6. The van der Waals surface area contributed by atoms with Gasteiger partial charge in [-0.15, -0.1) is 0 Å². The molecule has 31 heavy (non-hydrogen) atoms. The van der Waals surface area contributed by atoms with E-state index in [1.54, 1.807) is 0 Å². The molecule has 0 saturated carbocycles. The summed E-state index contributed by atoms with van der Waals surface area (Å²) in [4.78, 5) is 2.43. The van der Waals surface area contributed by atoms with E-state index < -0.39 is 0 Å². The summed E-state index contributed by atoms with van der Waals surface area (Å²) in [7, 11) is 2.22. The van der Waals surface area contributed by atoms with Crippen LogP contribution < -0.4 is 4.74 Å². The molecule has 1 aromatic heterocycles. The van der Waals surface area contributed by atoms with Crippen LogP contribution in [0.4, 0.5) is 0 Å². The second-order valence-corrected chi connectivity index (χ2v) is 9.31. The van der Waals surface area contributed by atoms with Crippen molar-refractivity contribution < 1.29 is 4.74 Å². The third-order valence-electron chi connectivity index (χ3n) is 6.07. The summed E-state index contributed by atoms with van der Waals surface area (Å²) < 4.78 is 8.09. The van der Waals surface area contributed by atoms with Crippen LogP contribution in [-0.4, -0.2) is 41.4 Å². The molecular weight excluding hydrogens is 382 g/mol. The Kier molecular flexibility index (Phi) is 7.08. The van der Waals surface area contributed by atoms with Gasteiger partial charge in [-0.2, -0.15) is 5.10 Å². The summed E-state index contributed by atoms with van der Waals surface area (Å²) in [5.74, 6) is 2.06. The second kappa shape index (κ2) is 10.1. The van der Waals surface area contributed by atoms with Crippen molar-refractivity contribution in [3.05, 3.63) is 83.2 Å². The molecule has 2 heterocycles. The van der Waals surface area contributed by atoms with Crippen molar-refractivity contribution in [1.29, 1.82) is 0 Å². The van der Waals surface area contributed by atoms with Gasteiger partial charge in [-0.05, 0) is 68.2 Å². The molecule has 0 N–H and O–H groups in total. The summed E-state index contributed by atoms with van der Waals surface area (Å²) in [6, 6.07) is 21.5. The minimum Gasteiger partial charge on any atom is -0.493 e. The maximum Gasteiger partial charge on any atom is 0.119 e. The van der Waals surface area contributed by atoms with Crippen LogP contribution >= 0.6 is 0 Å². The summed E-state index contributed by atoms with van der Waals surface area (Å²) in [5.41, 5.74) is 5.13. The number of benzene rings is 2. The highest BCUT2D eigenvalue weighted by molar-refractivity contribution is 5.29. The van der Waals surface area contributed by atoms with Gasteiger partial charge in [0.05, 0.1) is 18.8 Å². The zero-order chi connectivity index (χ0) is 21.6. The van der Waals surface area contributed by atoms with E-state index in [9.17, 15) is 0 Å². The largest absolute Gasteiger partial charge is 0.493 e. The summed E-state index contributed by atoms with van der Waals surface area (Å²) in [5, 5.41) is 5.05. The number of aromatic nitrogens is 2. The third kappa shape index (κ3) is 5.98. The third-order valence-corrected chi connectivity index (χ3v) is 6.07. The molecule has 4 rings (SSSR count). The normalized spacial score (nSPS) is 15.5. The number of hydrogen-bond acceptors (Lipinski definition) is 3. The first-order chi connectivity index (χ1) is 15.1. The molecule has 0 radical (unpaired) electrons. The standard InChI is InChI=1S/C27H35N3O/c1-21(2)20-31-26-11-9-23(10-12-26)19-30-27(24-13-15-29(3)16-14-24)18-25(28-30)17-22-7-5-4-6-8-22/h4-12,18,21,24H,13-17,19-20H2,1-3H3. The highest BCUT2D eigenvalue weighted by Gasteiger charge is 2.23. The topological polar surface area (TPSA) is 30.3 Å². The van der Waals surface area contributed by atoms with Gasteiger partial charge >= 0.3 is 0 Å². The maximum atomic E-state index is 5.85. The van der Waals surface area contributed by atoms with Gasteiger partial charge < -0.3 is 9.64 Å². The van der Waals surface area contributed by atoms with Crippen molar-refractivity contribution in [3.8, 4) is 5.75 Å². The molecule has 0 unspecified atom stereocenters. The number of piperidine rings is 1. The fourth-order valence-corrected chi connectivity index (χ4v) is 4.26. The smallest absolute Gasteiger partial charge is 0.119 e. The highest BCUT2D eigenvalue weighted by atomic mass is 16.5. The number of rotatable bonds is 8. The van der Waals surface area contributed by atoms with E-state index >= 15 is 0 Å². The monoisotopic (exact) mass is 417 g/mol. The van der Waals surface area contributed by atoms with E-state index in [0.717, 1.165) is 44.1 Å². The van der Waals surface area contributed by atoms with Crippen LogP contribution in [0, 0.1) is 5.92 Å². The van der Waals surface area contributed by atoms with Gasteiger partial charge in [0.15, 0.2) is 0 Å². The van der Waals surface area contributed by atoms with Crippen molar-refractivity contribution in [2.75, 3.05) is 26.7 Å². The molecule has 1 saturated heterocycles. The Bertz CT molecular complexity index is 938. The highest BCUT2D eigenvalue weighted by Crippen LogP contribution is 2.29. The molecular formula is C27H35N3O. The molecule has 3 aromatic rings. The molecule has 1 aliphatic rings. The Hall–Kier alpha value is -2.59. The van der Waals surface area contributed by atoms with Gasteiger partial charge in [0.2, 0.25) is 0 Å². The number of hydrogen-bond donors (Lipinski definition) is 0. The molecule has 0 atom stereocenters. The van der Waals surface area contributed by atoms with E-state index in [1.165, 1.54) is 29.7 Å². The summed E-state index contributed by atoms with van der Waals surface area (Å²) in [6.45, 7) is 8.22. The quantitative estimate of drug-likeness (QED) is 0.494. The van der Waals surface area contributed by atoms with Gasteiger partial charge in [0, 0.05) is 18.0 Å². The van der Waals surface area contributed by atoms with E-state index in [1.807, 2.05) is 0 Å². The van der Waals surface area contributed by atoms with Crippen LogP contribution in [0.5, 0.6) is 5.75 Å². The number of ether oxygens (including phenoxy) is 1. The molecule has 0 spiro atoms. The molecule has 1 fully saturated rings.